The Bertz CT molecular complexity index is 594. The van der Waals surface area contributed by atoms with E-state index in [1.165, 1.54) is 0 Å². The smallest absolute Gasteiger partial charge is 0.258 e. The van der Waals surface area contributed by atoms with Crippen molar-refractivity contribution < 1.29 is 9.32 Å². The average molecular weight is 274 g/mol. The van der Waals surface area contributed by atoms with Crippen LogP contribution in [0.1, 0.15) is 23.1 Å². The van der Waals surface area contributed by atoms with E-state index in [1.54, 1.807) is 19.1 Å². The standard InChI is InChI=1S/C14H18N4O2/c1-9(15-3)8-16-13(19)11-6-4-5-7-12(11)14-17-10(2)18-20-14/h4-7,9,15H,8H2,1-3H3,(H,16,19). The Kier molecular flexibility index (Phi) is 4.47. The predicted octanol–water partition coefficient (Wildman–Crippen LogP) is 1.38. The van der Waals surface area contributed by atoms with Gasteiger partial charge >= 0.3 is 0 Å². The lowest BCUT2D eigenvalue weighted by molar-refractivity contribution is 0.0951. The van der Waals surface area contributed by atoms with Gasteiger partial charge in [-0.05, 0) is 33.0 Å². The number of hydrogen-bond acceptors (Lipinski definition) is 5. The first kappa shape index (κ1) is 14.2. The van der Waals surface area contributed by atoms with Gasteiger partial charge in [0.2, 0.25) is 0 Å². The fourth-order valence-corrected chi connectivity index (χ4v) is 1.72. The SMILES string of the molecule is CNC(C)CNC(=O)c1ccccc1-c1nc(C)no1. The summed E-state index contributed by atoms with van der Waals surface area (Å²) in [5.74, 6) is 0.743. The first-order valence-corrected chi connectivity index (χ1v) is 6.47. The Morgan fingerprint density at radius 3 is 2.80 bits per heavy atom. The van der Waals surface area contributed by atoms with E-state index in [1.807, 2.05) is 26.1 Å². The van der Waals surface area contributed by atoms with Crippen LogP contribution in [0.25, 0.3) is 11.5 Å². The number of benzene rings is 1. The third kappa shape index (κ3) is 3.21. The van der Waals surface area contributed by atoms with Crippen LogP contribution in [0.5, 0.6) is 0 Å². The van der Waals surface area contributed by atoms with Crippen molar-refractivity contribution in [2.24, 2.45) is 0 Å². The van der Waals surface area contributed by atoms with Crippen molar-refractivity contribution in [3.63, 3.8) is 0 Å². The molecule has 0 aliphatic heterocycles. The molecule has 2 rings (SSSR count). The second kappa shape index (κ2) is 6.29. The number of carbonyl (C=O) groups is 1. The zero-order chi connectivity index (χ0) is 14.5. The molecule has 6 heteroatoms. The van der Waals surface area contributed by atoms with Gasteiger partial charge in [0.15, 0.2) is 5.82 Å². The molecule has 0 saturated carbocycles. The van der Waals surface area contributed by atoms with Crippen LogP contribution in [-0.2, 0) is 0 Å². The molecule has 0 radical (unpaired) electrons. The Hall–Kier alpha value is -2.21. The van der Waals surface area contributed by atoms with Crippen LogP contribution < -0.4 is 10.6 Å². The molecule has 106 valence electrons. The highest BCUT2D eigenvalue weighted by molar-refractivity contribution is 5.99. The van der Waals surface area contributed by atoms with E-state index in [0.29, 0.717) is 29.4 Å². The number of amides is 1. The summed E-state index contributed by atoms with van der Waals surface area (Å²) in [6.07, 6.45) is 0. The quantitative estimate of drug-likeness (QED) is 0.861. The molecule has 2 aromatic rings. The second-order valence-electron chi connectivity index (χ2n) is 4.59. The summed E-state index contributed by atoms with van der Waals surface area (Å²) >= 11 is 0. The van der Waals surface area contributed by atoms with Crippen LogP contribution in [0.2, 0.25) is 0 Å². The molecule has 1 aromatic carbocycles. The molecule has 0 aliphatic carbocycles. The van der Waals surface area contributed by atoms with E-state index in [-0.39, 0.29) is 11.9 Å². The molecule has 1 unspecified atom stereocenters. The van der Waals surface area contributed by atoms with Crippen LogP contribution in [0.4, 0.5) is 0 Å². The van der Waals surface area contributed by atoms with Gasteiger partial charge in [-0.2, -0.15) is 4.98 Å². The molecule has 0 saturated heterocycles. The van der Waals surface area contributed by atoms with Gasteiger partial charge in [-0.1, -0.05) is 17.3 Å². The maximum absolute atomic E-state index is 12.2. The van der Waals surface area contributed by atoms with Crippen LogP contribution in [0, 0.1) is 6.92 Å². The number of aromatic nitrogens is 2. The summed E-state index contributed by atoms with van der Waals surface area (Å²) in [6, 6.07) is 7.39. The van der Waals surface area contributed by atoms with Crippen molar-refractivity contribution >= 4 is 5.91 Å². The van der Waals surface area contributed by atoms with E-state index in [2.05, 4.69) is 20.8 Å². The number of hydrogen-bond donors (Lipinski definition) is 2. The van der Waals surface area contributed by atoms with E-state index >= 15 is 0 Å². The monoisotopic (exact) mass is 274 g/mol. The van der Waals surface area contributed by atoms with E-state index in [4.69, 9.17) is 4.52 Å². The number of likely N-dealkylation sites (N-methyl/N-ethyl adjacent to an activating group) is 1. The third-order valence-electron chi connectivity index (χ3n) is 2.99. The number of nitrogens with one attached hydrogen (secondary N) is 2. The van der Waals surface area contributed by atoms with E-state index in [0.717, 1.165) is 0 Å². The molecular weight excluding hydrogens is 256 g/mol. The lowest BCUT2D eigenvalue weighted by Crippen LogP contribution is -2.37. The lowest BCUT2D eigenvalue weighted by Gasteiger charge is -2.12. The Morgan fingerprint density at radius 2 is 2.15 bits per heavy atom. The van der Waals surface area contributed by atoms with Crippen molar-refractivity contribution in [2.45, 2.75) is 19.9 Å². The molecule has 0 fully saturated rings. The van der Waals surface area contributed by atoms with E-state index < -0.39 is 0 Å². The first-order valence-electron chi connectivity index (χ1n) is 6.47. The first-order chi connectivity index (χ1) is 9.61. The van der Waals surface area contributed by atoms with Gasteiger partial charge in [0, 0.05) is 12.6 Å². The highest BCUT2D eigenvalue weighted by Crippen LogP contribution is 2.21. The maximum atomic E-state index is 12.2. The summed E-state index contributed by atoms with van der Waals surface area (Å²) in [6.45, 7) is 4.28. The number of aryl methyl sites for hydroxylation is 1. The molecule has 0 spiro atoms. The average Bonchev–Trinajstić information content (AvgIpc) is 2.90. The maximum Gasteiger partial charge on any atom is 0.258 e. The fourth-order valence-electron chi connectivity index (χ4n) is 1.72. The summed E-state index contributed by atoms with van der Waals surface area (Å²) in [5.41, 5.74) is 1.17. The summed E-state index contributed by atoms with van der Waals surface area (Å²) in [5, 5.41) is 9.69. The summed E-state index contributed by atoms with van der Waals surface area (Å²) in [4.78, 5) is 16.4. The molecule has 6 nitrogen and oxygen atoms in total. The zero-order valence-electron chi connectivity index (χ0n) is 11.8. The highest BCUT2D eigenvalue weighted by atomic mass is 16.5. The van der Waals surface area contributed by atoms with Crippen LogP contribution in [0.15, 0.2) is 28.8 Å². The summed E-state index contributed by atoms with van der Waals surface area (Å²) < 4.78 is 5.13. The summed E-state index contributed by atoms with van der Waals surface area (Å²) in [7, 11) is 1.85. The molecule has 1 aromatic heterocycles. The van der Waals surface area contributed by atoms with Crippen molar-refractivity contribution in [3.05, 3.63) is 35.7 Å². The molecule has 1 heterocycles. The van der Waals surface area contributed by atoms with Crippen molar-refractivity contribution in [1.29, 1.82) is 0 Å². The Balaban J connectivity index is 2.22. The van der Waals surface area contributed by atoms with Crippen molar-refractivity contribution in [3.8, 4) is 11.5 Å². The van der Waals surface area contributed by atoms with Gasteiger partial charge in [-0.15, -0.1) is 0 Å². The zero-order valence-corrected chi connectivity index (χ0v) is 11.8. The lowest BCUT2D eigenvalue weighted by atomic mass is 10.1. The normalized spacial score (nSPS) is 12.2. The van der Waals surface area contributed by atoms with Crippen molar-refractivity contribution in [2.75, 3.05) is 13.6 Å². The van der Waals surface area contributed by atoms with Crippen LogP contribution in [0.3, 0.4) is 0 Å². The topological polar surface area (TPSA) is 80.0 Å². The molecule has 0 aliphatic rings. The molecule has 0 bridgehead atoms. The Labute approximate surface area is 117 Å². The van der Waals surface area contributed by atoms with Gasteiger partial charge in [0.1, 0.15) is 0 Å². The number of rotatable bonds is 5. The Morgan fingerprint density at radius 1 is 1.40 bits per heavy atom. The van der Waals surface area contributed by atoms with Gasteiger partial charge in [0.05, 0.1) is 11.1 Å². The minimum atomic E-state index is -0.154. The van der Waals surface area contributed by atoms with Gasteiger partial charge in [-0.3, -0.25) is 4.79 Å². The van der Waals surface area contributed by atoms with Crippen LogP contribution >= 0.6 is 0 Å². The number of nitrogens with zero attached hydrogens (tertiary/aromatic N) is 2. The van der Waals surface area contributed by atoms with E-state index in [9.17, 15) is 4.79 Å². The molecule has 20 heavy (non-hydrogen) atoms. The fraction of sp³-hybridized carbons (Fsp3) is 0.357. The van der Waals surface area contributed by atoms with Gasteiger partial charge in [0.25, 0.3) is 11.8 Å². The molecular formula is C14H18N4O2. The molecule has 2 N–H and O–H groups in total. The minimum Gasteiger partial charge on any atom is -0.350 e. The van der Waals surface area contributed by atoms with Gasteiger partial charge in [-0.25, -0.2) is 0 Å². The molecule has 1 amide bonds. The number of carbonyl (C=O) groups excluding carboxylic acids is 1. The van der Waals surface area contributed by atoms with Crippen molar-refractivity contribution in [1.82, 2.24) is 20.8 Å². The third-order valence-corrected chi connectivity index (χ3v) is 2.99. The van der Waals surface area contributed by atoms with Crippen LogP contribution in [-0.4, -0.2) is 35.7 Å². The molecule has 1 atom stereocenters. The van der Waals surface area contributed by atoms with Gasteiger partial charge < -0.3 is 15.2 Å². The predicted molar refractivity (Wildman–Crippen MR) is 75.3 cm³/mol. The second-order valence-corrected chi connectivity index (χ2v) is 4.59. The largest absolute Gasteiger partial charge is 0.350 e. The minimum absolute atomic E-state index is 0.154. The highest BCUT2D eigenvalue weighted by Gasteiger charge is 2.16.